The molecule has 0 spiro atoms. The molecule has 0 saturated carbocycles. The molecule has 10 heteroatoms. The number of pyridine rings is 1. The molecular weight excluding hydrogens is 348 g/mol. The van der Waals surface area contributed by atoms with E-state index in [2.05, 4.69) is 36.2 Å². The summed E-state index contributed by atoms with van der Waals surface area (Å²) in [6.07, 6.45) is 1.69. The average Bonchev–Trinajstić information content (AvgIpc) is 2.69. The Bertz CT molecular complexity index is 957. The van der Waals surface area contributed by atoms with Gasteiger partial charge in [0.05, 0.1) is 0 Å². The van der Waals surface area contributed by atoms with Crippen LogP contribution in [0.1, 0.15) is 10.5 Å². The second-order valence-electron chi connectivity index (χ2n) is 5.51. The first kappa shape index (κ1) is 18.0. The van der Waals surface area contributed by atoms with E-state index in [0.29, 0.717) is 30.5 Å². The lowest BCUT2D eigenvalue weighted by atomic mass is 10.3. The van der Waals surface area contributed by atoms with Gasteiger partial charge >= 0.3 is 0 Å². The molecule has 3 N–H and O–H groups in total. The molecule has 3 rings (SSSR count). The summed E-state index contributed by atoms with van der Waals surface area (Å²) in [6.45, 7) is 0.818. The Hall–Kier alpha value is -3.82. The zero-order chi connectivity index (χ0) is 19.1. The standard InChI is InChI=1S/C17H18N8O2/c1-25-16(26)8-5-12(24-25)17(27)20-11-10-19-14-6-7-15(23-22-14)21-13-4-2-3-9-18-13/h2-9H,10-11H2,1H3,(H,19,22)(H,20,27)(H,18,21,23). The van der Waals surface area contributed by atoms with Crippen LogP contribution in [-0.4, -0.2) is 44.0 Å². The Balaban J connectivity index is 1.44. The van der Waals surface area contributed by atoms with Gasteiger partial charge < -0.3 is 16.0 Å². The van der Waals surface area contributed by atoms with Crippen LogP contribution in [0.4, 0.5) is 17.5 Å². The van der Waals surface area contributed by atoms with Crippen LogP contribution in [0.5, 0.6) is 0 Å². The van der Waals surface area contributed by atoms with Crippen molar-refractivity contribution < 1.29 is 4.79 Å². The maximum absolute atomic E-state index is 12.0. The molecular formula is C17H18N8O2. The van der Waals surface area contributed by atoms with Crippen LogP contribution < -0.4 is 21.5 Å². The van der Waals surface area contributed by atoms with Crippen molar-refractivity contribution in [2.75, 3.05) is 23.7 Å². The molecule has 27 heavy (non-hydrogen) atoms. The largest absolute Gasteiger partial charge is 0.367 e. The predicted molar refractivity (Wildman–Crippen MR) is 99.9 cm³/mol. The van der Waals surface area contributed by atoms with Gasteiger partial charge in [0.15, 0.2) is 5.82 Å². The van der Waals surface area contributed by atoms with Gasteiger partial charge in [-0.1, -0.05) is 6.07 Å². The number of carbonyl (C=O) groups excluding carboxylic acids is 1. The molecule has 0 aliphatic heterocycles. The van der Waals surface area contributed by atoms with Crippen LogP contribution >= 0.6 is 0 Å². The van der Waals surface area contributed by atoms with Crippen molar-refractivity contribution in [1.29, 1.82) is 0 Å². The van der Waals surface area contributed by atoms with Crippen molar-refractivity contribution in [3.63, 3.8) is 0 Å². The van der Waals surface area contributed by atoms with E-state index in [1.807, 2.05) is 18.2 Å². The SMILES string of the molecule is Cn1nc(C(=O)NCCNc2ccc(Nc3ccccn3)nn2)ccc1=O. The van der Waals surface area contributed by atoms with Crippen molar-refractivity contribution in [1.82, 2.24) is 30.3 Å². The van der Waals surface area contributed by atoms with Crippen LogP contribution in [0.2, 0.25) is 0 Å². The molecule has 138 valence electrons. The van der Waals surface area contributed by atoms with E-state index in [1.54, 1.807) is 18.3 Å². The van der Waals surface area contributed by atoms with Crippen LogP contribution in [-0.2, 0) is 7.05 Å². The van der Waals surface area contributed by atoms with Gasteiger partial charge in [-0.15, -0.1) is 10.2 Å². The fourth-order valence-corrected chi connectivity index (χ4v) is 2.14. The summed E-state index contributed by atoms with van der Waals surface area (Å²) in [6, 6.07) is 11.8. The number of hydrogen-bond acceptors (Lipinski definition) is 8. The van der Waals surface area contributed by atoms with Gasteiger partial charge in [-0.25, -0.2) is 9.67 Å². The highest BCUT2D eigenvalue weighted by Gasteiger charge is 2.07. The Morgan fingerprint density at radius 2 is 1.81 bits per heavy atom. The molecule has 3 aromatic rings. The molecule has 0 aliphatic carbocycles. The molecule has 1 amide bonds. The van der Waals surface area contributed by atoms with E-state index >= 15 is 0 Å². The summed E-state index contributed by atoms with van der Waals surface area (Å²) in [4.78, 5) is 27.4. The molecule has 0 atom stereocenters. The lowest BCUT2D eigenvalue weighted by Gasteiger charge is -2.08. The minimum absolute atomic E-state index is 0.182. The van der Waals surface area contributed by atoms with E-state index in [0.717, 1.165) is 4.68 Å². The summed E-state index contributed by atoms with van der Waals surface area (Å²) >= 11 is 0. The third-order valence-corrected chi connectivity index (χ3v) is 3.50. The molecule has 3 heterocycles. The first-order chi connectivity index (χ1) is 13.1. The van der Waals surface area contributed by atoms with Gasteiger partial charge in [0, 0.05) is 32.4 Å². The van der Waals surface area contributed by atoms with Crippen molar-refractivity contribution >= 4 is 23.4 Å². The Morgan fingerprint density at radius 1 is 1.00 bits per heavy atom. The van der Waals surface area contributed by atoms with E-state index in [4.69, 9.17) is 0 Å². The fraction of sp³-hybridized carbons (Fsp3) is 0.176. The highest BCUT2D eigenvalue weighted by atomic mass is 16.2. The van der Waals surface area contributed by atoms with Crippen molar-refractivity contribution in [2.24, 2.45) is 7.05 Å². The number of nitrogens with zero attached hydrogens (tertiary/aromatic N) is 5. The van der Waals surface area contributed by atoms with Crippen LogP contribution in [0.15, 0.2) is 53.5 Å². The Morgan fingerprint density at radius 3 is 2.52 bits per heavy atom. The monoisotopic (exact) mass is 366 g/mol. The number of aryl methyl sites for hydroxylation is 1. The molecule has 0 aromatic carbocycles. The number of hydrogen-bond donors (Lipinski definition) is 3. The molecule has 0 radical (unpaired) electrons. The second-order valence-corrected chi connectivity index (χ2v) is 5.51. The number of nitrogens with one attached hydrogen (secondary N) is 3. The van der Waals surface area contributed by atoms with Gasteiger partial charge in [0.25, 0.3) is 11.5 Å². The Labute approximate surface area is 154 Å². The number of rotatable bonds is 7. The molecule has 3 aromatic heterocycles. The van der Waals surface area contributed by atoms with Gasteiger partial charge in [0.2, 0.25) is 0 Å². The van der Waals surface area contributed by atoms with E-state index in [9.17, 15) is 9.59 Å². The highest BCUT2D eigenvalue weighted by Crippen LogP contribution is 2.11. The summed E-state index contributed by atoms with van der Waals surface area (Å²) in [5, 5.41) is 20.8. The summed E-state index contributed by atoms with van der Waals surface area (Å²) < 4.78 is 1.11. The van der Waals surface area contributed by atoms with Gasteiger partial charge in [0.1, 0.15) is 17.3 Å². The van der Waals surface area contributed by atoms with Crippen molar-refractivity contribution in [3.05, 3.63) is 64.7 Å². The van der Waals surface area contributed by atoms with Crippen molar-refractivity contribution in [3.8, 4) is 0 Å². The van der Waals surface area contributed by atoms with E-state index < -0.39 is 0 Å². The molecule has 0 saturated heterocycles. The smallest absolute Gasteiger partial charge is 0.271 e. The topological polar surface area (TPSA) is 127 Å². The number of aromatic nitrogens is 5. The van der Waals surface area contributed by atoms with Crippen LogP contribution in [0.25, 0.3) is 0 Å². The van der Waals surface area contributed by atoms with Gasteiger partial charge in [-0.05, 0) is 30.3 Å². The number of amides is 1. The van der Waals surface area contributed by atoms with Gasteiger partial charge in [-0.3, -0.25) is 9.59 Å². The van der Waals surface area contributed by atoms with Crippen LogP contribution in [0, 0.1) is 0 Å². The van der Waals surface area contributed by atoms with Gasteiger partial charge in [-0.2, -0.15) is 5.10 Å². The zero-order valence-corrected chi connectivity index (χ0v) is 14.6. The lowest BCUT2D eigenvalue weighted by molar-refractivity contribution is 0.0948. The Kier molecular flexibility index (Phi) is 5.67. The molecule has 0 fully saturated rings. The molecule has 10 nitrogen and oxygen atoms in total. The second kappa shape index (κ2) is 8.52. The number of anilines is 3. The average molecular weight is 366 g/mol. The third-order valence-electron chi connectivity index (χ3n) is 3.50. The zero-order valence-electron chi connectivity index (χ0n) is 14.6. The lowest BCUT2D eigenvalue weighted by Crippen LogP contribution is -2.31. The fourth-order valence-electron chi connectivity index (χ4n) is 2.14. The highest BCUT2D eigenvalue weighted by molar-refractivity contribution is 5.91. The van der Waals surface area contributed by atoms with E-state index in [1.165, 1.54) is 19.2 Å². The minimum atomic E-state index is -0.353. The predicted octanol–water partition coefficient (Wildman–Crippen LogP) is 0.551. The van der Waals surface area contributed by atoms with E-state index in [-0.39, 0.29) is 17.2 Å². The normalized spacial score (nSPS) is 10.3. The molecule has 0 bridgehead atoms. The maximum atomic E-state index is 12.0. The first-order valence-electron chi connectivity index (χ1n) is 8.20. The molecule has 0 unspecified atom stereocenters. The minimum Gasteiger partial charge on any atom is -0.367 e. The quantitative estimate of drug-likeness (QED) is 0.518. The number of carbonyl (C=O) groups is 1. The maximum Gasteiger partial charge on any atom is 0.271 e. The van der Waals surface area contributed by atoms with Crippen molar-refractivity contribution in [2.45, 2.75) is 0 Å². The summed E-state index contributed by atoms with van der Waals surface area (Å²) in [5.74, 6) is 1.49. The first-order valence-corrected chi connectivity index (χ1v) is 8.20. The summed E-state index contributed by atoms with van der Waals surface area (Å²) in [7, 11) is 1.49. The summed E-state index contributed by atoms with van der Waals surface area (Å²) in [5.41, 5.74) is -0.0883. The molecule has 0 aliphatic rings. The van der Waals surface area contributed by atoms with Crippen LogP contribution in [0.3, 0.4) is 0 Å². The third kappa shape index (κ3) is 5.08.